The first-order valence-electron chi connectivity index (χ1n) is 7.30. The highest BCUT2D eigenvalue weighted by molar-refractivity contribution is 5.82. The Balaban J connectivity index is 1.51. The van der Waals surface area contributed by atoms with E-state index in [-0.39, 0.29) is 0 Å². The predicted molar refractivity (Wildman–Crippen MR) is 84.4 cm³/mol. The van der Waals surface area contributed by atoms with Crippen LogP contribution < -0.4 is 4.74 Å². The van der Waals surface area contributed by atoms with Gasteiger partial charge in [-0.05, 0) is 37.0 Å². The zero-order valence-corrected chi connectivity index (χ0v) is 11.9. The zero-order valence-electron chi connectivity index (χ0n) is 11.9. The normalized spacial score (nSPS) is 10.7. The third-order valence-corrected chi connectivity index (χ3v) is 3.45. The molecule has 3 heteroatoms. The van der Waals surface area contributed by atoms with Gasteiger partial charge in [-0.15, -0.1) is 0 Å². The first kappa shape index (κ1) is 13.6. The molecule has 106 valence electrons. The van der Waals surface area contributed by atoms with Crippen molar-refractivity contribution in [3.05, 3.63) is 66.5 Å². The molecule has 1 heterocycles. The quantitative estimate of drug-likeness (QED) is 0.638. The van der Waals surface area contributed by atoms with Crippen LogP contribution >= 0.6 is 0 Å². The summed E-state index contributed by atoms with van der Waals surface area (Å²) < 4.78 is 5.81. The van der Waals surface area contributed by atoms with Crippen molar-refractivity contribution in [3.8, 4) is 5.88 Å². The summed E-state index contributed by atoms with van der Waals surface area (Å²) in [4.78, 5) is 8.46. The topological polar surface area (TPSA) is 35.0 Å². The number of benzene rings is 2. The second-order valence-electron chi connectivity index (χ2n) is 4.99. The fourth-order valence-corrected chi connectivity index (χ4v) is 2.34. The Morgan fingerprint density at radius 1 is 0.810 bits per heavy atom. The molecule has 0 bridgehead atoms. The number of para-hydroxylation sites is 1. The maximum Gasteiger partial charge on any atom is 0.224 e. The molecule has 0 amide bonds. The minimum absolute atomic E-state index is 0.681. The highest BCUT2D eigenvalue weighted by atomic mass is 16.5. The van der Waals surface area contributed by atoms with E-state index in [1.807, 2.05) is 30.3 Å². The van der Waals surface area contributed by atoms with E-state index in [1.54, 1.807) is 6.33 Å². The van der Waals surface area contributed by atoms with Crippen LogP contribution in [0, 0.1) is 0 Å². The lowest BCUT2D eigenvalue weighted by molar-refractivity contribution is 0.299. The Kier molecular flexibility index (Phi) is 4.42. The van der Waals surface area contributed by atoms with Gasteiger partial charge >= 0.3 is 0 Å². The van der Waals surface area contributed by atoms with Crippen molar-refractivity contribution in [3.63, 3.8) is 0 Å². The number of ether oxygens (including phenoxy) is 1. The van der Waals surface area contributed by atoms with Crippen LogP contribution in [0.3, 0.4) is 0 Å². The third-order valence-electron chi connectivity index (χ3n) is 3.45. The number of rotatable bonds is 6. The monoisotopic (exact) mass is 278 g/mol. The third kappa shape index (κ3) is 3.57. The second-order valence-corrected chi connectivity index (χ2v) is 4.99. The van der Waals surface area contributed by atoms with E-state index in [2.05, 4.69) is 34.2 Å². The Morgan fingerprint density at radius 2 is 1.62 bits per heavy atom. The smallest absolute Gasteiger partial charge is 0.224 e. The summed E-state index contributed by atoms with van der Waals surface area (Å²) in [5, 5.41) is 0.975. The van der Waals surface area contributed by atoms with Crippen molar-refractivity contribution in [1.29, 1.82) is 0 Å². The molecule has 0 spiro atoms. The molecule has 0 aliphatic carbocycles. The molecule has 21 heavy (non-hydrogen) atoms. The number of unbranched alkanes of at least 4 members (excludes halogenated alkanes) is 1. The molecule has 1 aromatic heterocycles. The number of fused-ring (bicyclic) bond motifs is 1. The van der Waals surface area contributed by atoms with E-state index in [0.29, 0.717) is 12.5 Å². The van der Waals surface area contributed by atoms with Crippen molar-refractivity contribution in [2.75, 3.05) is 6.61 Å². The zero-order chi connectivity index (χ0) is 14.3. The van der Waals surface area contributed by atoms with E-state index in [4.69, 9.17) is 4.74 Å². The van der Waals surface area contributed by atoms with Gasteiger partial charge < -0.3 is 4.74 Å². The first-order valence-corrected chi connectivity index (χ1v) is 7.30. The van der Waals surface area contributed by atoms with Crippen molar-refractivity contribution in [2.24, 2.45) is 0 Å². The number of nitrogens with zero attached hydrogens (tertiary/aromatic N) is 2. The summed E-state index contributed by atoms with van der Waals surface area (Å²) in [5.41, 5.74) is 2.30. The Morgan fingerprint density at radius 3 is 2.52 bits per heavy atom. The molecule has 3 aromatic rings. The molecule has 0 unspecified atom stereocenters. The van der Waals surface area contributed by atoms with Gasteiger partial charge in [0, 0.05) is 0 Å². The first-order chi connectivity index (χ1) is 10.4. The van der Waals surface area contributed by atoms with Gasteiger partial charge in [-0.2, -0.15) is 0 Å². The predicted octanol–water partition coefficient (Wildman–Crippen LogP) is 4.03. The molecular formula is C18H18N2O. The Bertz CT molecular complexity index is 692. The maximum atomic E-state index is 5.81. The maximum absolute atomic E-state index is 5.81. The van der Waals surface area contributed by atoms with Crippen molar-refractivity contribution in [2.45, 2.75) is 19.3 Å². The molecule has 0 aliphatic heterocycles. The van der Waals surface area contributed by atoms with Gasteiger partial charge in [-0.25, -0.2) is 9.97 Å². The molecule has 2 aromatic carbocycles. The molecule has 0 saturated heterocycles. The summed E-state index contributed by atoms with van der Waals surface area (Å²) in [5.74, 6) is 0.681. The average molecular weight is 278 g/mol. The van der Waals surface area contributed by atoms with Gasteiger partial charge in [0.25, 0.3) is 0 Å². The summed E-state index contributed by atoms with van der Waals surface area (Å²) in [6.45, 7) is 0.688. The van der Waals surface area contributed by atoms with Crippen LogP contribution in [0.2, 0.25) is 0 Å². The molecule has 0 saturated carbocycles. The van der Waals surface area contributed by atoms with Crippen molar-refractivity contribution >= 4 is 10.9 Å². The van der Waals surface area contributed by atoms with Gasteiger partial charge in [0.05, 0.1) is 17.5 Å². The van der Waals surface area contributed by atoms with E-state index < -0.39 is 0 Å². The second kappa shape index (κ2) is 6.84. The van der Waals surface area contributed by atoms with Crippen LogP contribution in [-0.4, -0.2) is 16.6 Å². The minimum atomic E-state index is 0.681. The number of hydrogen-bond donors (Lipinski definition) is 0. The highest BCUT2D eigenvalue weighted by Crippen LogP contribution is 2.20. The largest absolute Gasteiger partial charge is 0.477 e. The van der Waals surface area contributed by atoms with Gasteiger partial charge in [-0.3, -0.25) is 0 Å². The Labute approximate surface area is 124 Å². The lowest BCUT2D eigenvalue weighted by Crippen LogP contribution is -2.01. The highest BCUT2D eigenvalue weighted by Gasteiger charge is 2.03. The van der Waals surface area contributed by atoms with E-state index in [0.717, 1.165) is 30.2 Å². The number of aromatic nitrogens is 2. The number of hydrogen-bond acceptors (Lipinski definition) is 3. The SMILES string of the molecule is c1ccc(CCCCOc2ncnc3ccccc23)cc1. The Hall–Kier alpha value is -2.42. The molecular weight excluding hydrogens is 260 g/mol. The minimum Gasteiger partial charge on any atom is -0.477 e. The summed E-state index contributed by atoms with van der Waals surface area (Å²) in [6, 6.07) is 18.5. The van der Waals surface area contributed by atoms with Gasteiger partial charge in [-0.1, -0.05) is 42.5 Å². The van der Waals surface area contributed by atoms with Crippen molar-refractivity contribution < 1.29 is 4.74 Å². The van der Waals surface area contributed by atoms with Crippen LogP contribution in [0.25, 0.3) is 10.9 Å². The number of aryl methyl sites for hydroxylation is 1. The van der Waals surface area contributed by atoms with Crippen molar-refractivity contribution in [1.82, 2.24) is 9.97 Å². The van der Waals surface area contributed by atoms with Gasteiger partial charge in [0.15, 0.2) is 0 Å². The van der Waals surface area contributed by atoms with Crippen LogP contribution in [-0.2, 0) is 6.42 Å². The molecule has 0 N–H and O–H groups in total. The lowest BCUT2D eigenvalue weighted by atomic mass is 10.1. The van der Waals surface area contributed by atoms with Crippen LogP contribution in [0.15, 0.2) is 60.9 Å². The average Bonchev–Trinajstić information content (AvgIpc) is 2.56. The molecule has 0 fully saturated rings. The summed E-state index contributed by atoms with van der Waals surface area (Å²) >= 11 is 0. The molecule has 3 nitrogen and oxygen atoms in total. The van der Waals surface area contributed by atoms with E-state index >= 15 is 0 Å². The molecule has 0 aliphatic rings. The standard InChI is InChI=1S/C18H18N2O/c1-2-8-15(9-3-1)10-6-7-13-21-18-16-11-4-5-12-17(16)19-14-20-18/h1-5,8-9,11-12,14H,6-7,10,13H2. The van der Waals surface area contributed by atoms with Gasteiger partial charge in [0.2, 0.25) is 5.88 Å². The fraction of sp³-hybridized carbons (Fsp3) is 0.222. The summed E-state index contributed by atoms with van der Waals surface area (Å²) in [7, 11) is 0. The van der Waals surface area contributed by atoms with E-state index in [9.17, 15) is 0 Å². The van der Waals surface area contributed by atoms with E-state index in [1.165, 1.54) is 5.56 Å². The lowest BCUT2D eigenvalue weighted by Gasteiger charge is -2.07. The summed E-state index contributed by atoms with van der Waals surface area (Å²) in [6.07, 6.45) is 4.79. The van der Waals surface area contributed by atoms with Crippen LogP contribution in [0.4, 0.5) is 0 Å². The fourth-order valence-electron chi connectivity index (χ4n) is 2.34. The molecule has 0 atom stereocenters. The molecule has 0 radical (unpaired) electrons. The van der Waals surface area contributed by atoms with Gasteiger partial charge in [0.1, 0.15) is 6.33 Å². The van der Waals surface area contributed by atoms with Crippen LogP contribution in [0.1, 0.15) is 18.4 Å². The molecule has 3 rings (SSSR count). The van der Waals surface area contributed by atoms with Crippen LogP contribution in [0.5, 0.6) is 5.88 Å².